The van der Waals surface area contributed by atoms with Gasteiger partial charge in [-0.2, -0.15) is 5.10 Å². The zero-order chi connectivity index (χ0) is 16.7. The Morgan fingerprint density at radius 3 is 2.54 bits per heavy atom. The second kappa shape index (κ2) is 6.37. The minimum atomic E-state index is 0.0472. The highest BCUT2D eigenvalue weighted by Crippen LogP contribution is 2.37. The summed E-state index contributed by atoms with van der Waals surface area (Å²) in [5, 5.41) is 5.39. The molecule has 0 spiro atoms. The molecule has 1 aliphatic heterocycles. The molecule has 2 heterocycles. The topological polar surface area (TPSA) is 43.1 Å². The quantitative estimate of drug-likeness (QED) is 0.854. The Hall–Kier alpha value is -1.59. The van der Waals surface area contributed by atoms with E-state index in [1.165, 1.54) is 10.2 Å². The van der Waals surface area contributed by atoms with E-state index >= 15 is 0 Å². The molecule has 0 N–H and O–H groups in total. The first kappa shape index (κ1) is 15.9. The molecular weight excluding hydrogens is 324 g/mol. The molecule has 5 nitrogen and oxygen atoms in total. The van der Waals surface area contributed by atoms with Crippen LogP contribution in [0.25, 0.3) is 0 Å². The highest BCUT2D eigenvalue weighted by molar-refractivity contribution is 6.31. The third kappa shape index (κ3) is 3.03. The highest BCUT2D eigenvalue weighted by Gasteiger charge is 2.33. The van der Waals surface area contributed by atoms with Crippen LogP contribution in [-0.4, -0.2) is 32.3 Å². The Kier molecular flexibility index (Phi) is 4.22. The molecule has 0 atom stereocenters. The van der Waals surface area contributed by atoms with Gasteiger partial charge < -0.3 is 0 Å². The Balaban J connectivity index is 1.44. The van der Waals surface area contributed by atoms with E-state index < -0.39 is 0 Å². The van der Waals surface area contributed by atoms with E-state index in [1.807, 2.05) is 22.8 Å². The molecular formula is C18H23ClN4O. The summed E-state index contributed by atoms with van der Waals surface area (Å²) in [7, 11) is 1.76. The van der Waals surface area contributed by atoms with Crippen molar-refractivity contribution in [3.05, 3.63) is 51.2 Å². The van der Waals surface area contributed by atoms with Gasteiger partial charge in [-0.05, 0) is 50.4 Å². The van der Waals surface area contributed by atoms with Crippen molar-refractivity contribution < 1.29 is 0 Å². The molecule has 128 valence electrons. The van der Waals surface area contributed by atoms with Gasteiger partial charge in [0, 0.05) is 30.6 Å². The van der Waals surface area contributed by atoms with Crippen LogP contribution in [0.15, 0.2) is 29.1 Å². The van der Waals surface area contributed by atoms with Gasteiger partial charge in [-0.25, -0.2) is 9.48 Å². The fourth-order valence-corrected chi connectivity index (χ4v) is 3.87. The molecule has 24 heavy (non-hydrogen) atoms. The summed E-state index contributed by atoms with van der Waals surface area (Å²) >= 11 is 6.27. The fourth-order valence-electron chi connectivity index (χ4n) is 3.67. The van der Waals surface area contributed by atoms with Crippen LogP contribution in [0.2, 0.25) is 5.02 Å². The van der Waals surface area contributed by atoms with Crippen LogP contribution in [0.1, 0.15) is 49.0 Å². The van der Waals surface area contributed by atoms with Crippen LogP contribution in [0.3, 0.4) is 0 Å². The number of likely N-dealkylation sites (tertiary alicyclic amines) is 1. The number of hydrogen-bond donors (Lipinski definition) is 0. The van der Waals surface area contributed by atoms with E-state index in [0.29, 0.717) is 12.0 Å². The molecule has 2 aliphatic rings. The maximum absolute atomic E-state index is 12.3. The smallest absolute Gasteiger partial charge is 0.299 e. The van der Waals surface area contributed by atoms with E-state index in [4.69, 9.17) is 11.6 Å². The molecule has 0 radical (unpaired) electrons. The second-order valence-electron chi connectivity index (χ2n) is 7.01. The first-order chi connectivity index (χ1) is 11.6. The molecule has 1 saturated heterocycles. The summed E-state index contributed by atoms with van der Waals surface area (Å²) in [6.45, 7) is 2.93. The van der Waals surface area contributed by atoms with Crippen LogP contribution < -0.4 is 5.69 Å². The van der Waals surface area contributed by atoms with Gasteiger partial charge in [0.2, 0.25) is 0 Å². The number of rotatable bonds is 4. The number of hydrogen-bond acceptors (Lipinski definition) is 3. The van der Waals surface area contributed by atoms with Crippen molar-refractivity contribution in [3.63, 3.8) is 0 Å². The van der Waals surface area contributed by atoms with Crippen LogP contribution in [-0.2, 0) is 13.6 Å². The summed E-state index contributed by atoms with van der Waals surface area (Å²) in [5.41, 5.74) is 1.23. The van der Waals surface area contributed by atoms with Crippen LogP contribution >= 0.6 is 11.6 Å². The average Bonchev–Trinajstić information content (AvgIpc) is 3.37. The standard InChI is InChI=1S/C18H23ClN4O/c1-21-18(24)23(15-6-7-15)17(20-21)13-8-10-22(11-9-13)12-14-4-2-3-5-16(14)19/h2-5,13,15H,6-12H2,1H3. The summed E-state index contributed by atoms with van der Waals surface area (Å²) in [6, 6.07) is 8.44. The third-order valence-electron chi connectivity index (χ3n) is 5.20. The molecule has 0 unspecified atom stereocenters. The van der Waals surface area contributed by atoms with Gasteiger partial charge in [0.25, 0.3) is 0 Å². The molecule has 0 amide bonds. The van der Waals surface area contributed by atoms with Gasteiger partial charge in [-0.1, -0.05) is 29.8 Å². The number of benzene rings is 1. The lowest BCUT2D eigenvalue weighted by molar-refractivity contribution is 0.199. The second-order valence-corrected chi connectivity index (χ2v) is 7.41. The maximum atomic E-state index is 12.3. The zero-order valence-corrected chi connectivity index (χ0v) is 14.7. The van der Waals surface area contributed by atoms with E-state index in [0.717, 1.165) is 56.2 Å². The SMILES string of the molecule is Cn1nc(C2CCN(Cc3ccccc3Cl)CC2)n(C2CC2)c1=O. The van der Waals surface area contributed by atoms with Gasteiger partial charge >= 0.3 is 5.69 Å². The van der Waals surface area contributed by atoms with Crippen molar-refractivity contribution in [2.75, 3.05) is 13.1 Å². The predicted molar refractivity (Wildman–Crippen MR) is 94.4 cm³/mol. The first-order valence-corrected chi connectivity index (χ1v) is 9.12. The van der Waals surface area contributed by atoms with Gasteiger partial charge in [0.1, 0.15) is 5.82 Å². The number of piperidine rings is 1. The van der Waals surface area contributed by atoms with E-state index in [9.17, 15) is 4.79 Å². The fraction of sp³-hybridized carbons (Fsp3) is 0.556. The molecule has 1 saturated carbocycles. The molecule has 1 aliphatic carbocycles. The monoisotopic (exact) mass is 346 g/mol. The molecule has 1 aromatic heterocycles. The Bertz CT molecular complexity index is 785. The number of aryl methyl sites for hydroxylation is 1. The Morgan fingerprint density at radius 1 is 1.17 bits per heavy atom. The summed E-state index contributed by atoms with van der Waals surface area (Å²) < 4.78 is 3.46. The van der Waals surface area contributed by atoms with Crippen molar-refractivity contribution in [3.8, 4) is 0 Å². The van der Waals surface area contributed by atoms with E-state index in [2.05, 4.69) is 16.1 Å². The summed E-state index contributed by atoms with van der Waals surface area (Å²) in [5.74, 6) is 1.39. The Labute approximate surface area is 146 Å². The lowest BCUT2D eigenvalue weighted by Gasteiger charge is -2.31. The molecule has 4 rings (SSSR count). The highest BCUT2D eigenvalue weighted by atomic mass is 35.5. The molecule has 2 aromatic rings. The van der Waals surface area contributed by atoms with Crippen molar-refractivity contribution in [1.82, 2.24) is 19.2 Å². The number of aromatic nitrogens is 3. The van der Waals surface area contributed by atoms with Crippen LogP contribution in [0.5, 0.6) is 0 Å². The number of nitrogens with zero attached hydrogens (tertiary/aromatic N) is 4. The van der Waals surface area contributed by atoms with Gasteiger partial charge in [0.15, 0.2) is 0 Å². The van der Waals surface area contributed by atoms with Crippen LogP contribution in [0, 0.1) is 0 Å². The minimum Gasteiger partial charge on any atom is -0.299 e. The normalized spacial score (nSPS) is 19.8. The van der Waals surface area contributed by atoms with Crippen molar-refractivity contribution in [1.29, 1.82) is 0 Å². The van der Waals surface area contributed by atoms with Crippen LogP contribution in [0.4, 0.5) is 0 Å². The summed E-state index contributed by atoms with van der Waals surface area (Å²) in [6.07, 6.45) is 4.33. The van der Waals surface area contributed by atoms with E-state index in [-0.39, 0.29) is 5.69 Å². The van der Waals surface area contributed by atoms with Crippen molar-refractivity contribution >= 4 is 11.6 Å². The largest absolute Gasteiger partial charge is 0.345 e. The lowest BCUT2D eigenvalue weighted by atomic mass is 9.95. The summed E-state index contributed by atoms with van der Waals surface area (Å²) in [4.78, 5) is 14.7. The van der Waals surface area contributed by atoms with Crippen molar-refractivity contribution in [2.24, 2.45) is 7.05 Å². The minimum absolute atomic E-state index is 0.0472. The van der Waals surface area contributed by atoms with Gasteiger partial charge in [-0.15, -0.1) is 0 Å². The molecule has 2 fully saturated rings. The zero-order valence-electron chi connectivity index (χ0n) is 14.0. The predicted octanol–water partition coefficient (Wildman–Crippen LogP) is 2.95. The van der Waals surface area contributed by atoms with Crippen molar-refractivity contribution in [2.45, 2.75) is 44.2 Å². The third-order valence-corrected chi connectivity index (χ3v) is 5.57. The van der Waals surface area contributed by atoms with Gasteiger partial charge in [-0.3, -0.25) is 9.47 Å². The molecule has 6 heteroatoms. The average molecular weight is 347 g/mol. The first-order valence-electron chi connectivity index (χ1n) is 8.74. The maximum Gasteiger partial charge on any atom is 0.345 e. The Morgan fingerprint density at radius 2 is 1.88 bits per heavy atom. The van der Waals surface area contributed by atoms with E-state index in [1.54, 1.807) is 7.05 Å². The molecule has 1 aromatic carbocycles. The number of halogens is 1. The lowest BCUT2D eigenvalue weighted by Crippen LogP contribution is -2.33. The molecule has 0 bridgehead atoms. The van der Waals surface area contributed by atoms with Gasteiger partial charge in [0.05, 0.1) is 0 Å².